The Morgan fingerprint density at radius 3 is 2.69 bits per heavy atom. The van der Waals surface area contributed by atoms with Crippen LogP contribution >= 0.6 is 12.4 Å². The summed E-state index contributed by atoms with van der Waals surface area (Å²) in [5.41, 5.74) is 1.82. The number of hydrogen-bond donors (Lipinski definition) is 1. The standard InChI is InChI=1S/C18H23FN4O2.ClH/c1-21(2)8-5-9-23-11-14-15(17(23)24)16(20-18(25)22(14)3)12-6-4-7-13(19)10-12;/h4,6-7,10,16H,5,8-9,11H2,1-3H3,(H,20,25);1H. The van der Waals surface area contributed by atoms with E-state index in [1.165, 1.54) is 17.0 Å². The first-order chi connectivity index (χ1) is 11.9. The normalized spacial score (nSPS) is 19.7. The molecule has 0 aromatic heterocycles. The van der Waals surface area contributed by atoms with Gasteiger partial charge in [-0.1, -0.05) is 12.1 Å². The lowest BCUT2D eigenvalue weighted by Gasteiger charge is -2.31. The van der Waals surface area contributed by atoms with E-state index in [0.29, 0.717) is 29.9 Å². The van der Waals surface area contributed by atoms with Crippen LogP contribution in [-0.2, 0) is 4.79 Å². The molecule has 3 rings (SSSR count). The number of likely N-dealkylation sites (N-methyl/N-ethyl adjacent to an activating group) is 1. The van der Waals surface area contributed by atoms with Crippen molar-refractivity contribution in [3.05, 3.63) is 46.9 Å². The van der Waals surface area contributed by atoms with Gasteiger partial charge in [0, 0.05) is 13.6 Å². The van der Waals surface area contributed by atoms with Gasteiger partial charge in [-0.25, -0.2) is 9.18 Å². The van der Waals surface area contributed by atoms with Crippen molar-refractivity contribution in [1.82, 2.24) is 20.0 Å². The average molecular weight is 383 g/mol. The summed E-state index contributed by atoms with van der Waals surface area (Å²) in [4.78, 5) is 30.5. The van der Waals surface area contributed by atoms with Gasteiger partial charge in [-0.05, 0) is 44.8 Å². The van der Waals surface area contributed by atoms with Gasteiger partial charge in [-0.3, -0.25) is 9.69 Å². The van der Waals surface area contributed by atoms with Crippen molar-refractivity contribution in [2.45, 2.75) is 12.5 Å². The van der Waals surface area contributed by atoms with E-state index < -0.39 is 6.04 Å². The number of rotatable bonds is 5. The zero-order valence-corrected chi connectivity index (χ0v) is 16.0. The molecule has 2 aliphatic rings. The topological polar surface area (TPSA) is 55.9 Å². The fourth-order valence-electron chi connectivity index (χ4n) is 3.32. The third kappa shape index (κ3) is 3.83. The molecular formula is C18H24ClFN4O2. The number of urea groups is 1. The van der Waals surface area contributed by atoms with Crippen molar-refractivity contribution >= 4 is 24.3 Å². The molecule has 0 saturated carbocycles. The maximum absolute atomic E-state index is 13.6. The first kappa shape index (κ1) is 20.2. The van der Waals surface area contributed by atoms with Gasteiger partial charge in [0.1, 0.15) is 5.82 Å². The van der Waals surface area contributed by atoms with E-state index in [4.69, 9.17) is 0 Å². The van der Waals surface area contributed by atoms with E-state index in [1.807, 2.05) is 14.1 Å². The van der Waals surface area contributed by atoms with Crippen LogP contribution in [0.3, 0.4) is 0 Å². The van der Waals surface area contributed by atoms with Crippen molar-refractivity contribution in [3.8, 4) is 0 Å². The summed E-state index contributed by atoms with van der Waals surface area (Å²) in [6, 6.07) is 5.13. The van der Waals surface area contributed by atoms with E-state index in [0.717, 1.165) is 13.0 Å². The van der Waals surface area contributed by atoms with Gasteiger partial charge in [0.05, 0.1) is 23.9 Å². The second-order valence-electron chi connectivity index (χ2n) is 6.74. The summed E-state index contributed by atoms with van der Waals surface area (Å²) in [7, 11) is 5.64. The van der Waals surface area contributed by atoms with Crippen molar-refractivity contribution in [1.29, 1.82) is 0 Å². The van der Waals surface area contributed by atoms with Crippen LogP contribution in [0.25, 0.3) is 0 Å². The van der Waals surface area contributed by atoms with Crippen LogP contribution in [0.1, 0.15) is 18.0 Å². The molecule has 0 spiro atoms. The van der Waals surface area contributed by atoms with Crippen LogP contribution < -0.4 is 5.32 Å². The van der Waals surface area contributed by atoms with Gasteiger partial charge in [-0.2, -0.15) is 0 Å². The molecule has 26 heavy (non-hydrogen) atoms. The molecule has 1 atom stereocenters. The van der Waals surface area contributed by atoms with Gasteiger partial charge >= 0.3 is 6.03 Å². The van der Waals surface area contributed by atoms with E-state index in [2.05, 4.69) is 10.2 Å². The molecule has 3 amide bonds. The minimum Gasteiger partial charge on any atom is -0.333 e. The van der Waals surface area contributed by atoms with E-state index in [-0.39, 0.29) is 30.2 Å². The molecule has 0 fully saturated rings. The molecule has 2 heterocycles. The van der Waals surface area contributed by atoms with Crippen LogP contribution in [0.2, 0.25) is 0 Å². The lowest BCUT2D eigenvalue weighted by molar-refractivity contribution is -0.125. The molecule has 0 saturated heterocycles. The number of amides is 3. The molecule has 0 radical (unpaired) electrons. The molecule has 1 N–H and O–H groups in total. The van der Waals surface area contributed by atoms with Crippen LogP contribution in [0.4, 0.5) is 9.18 Å². The minimum atomic E-state index is -0.610. The van der Waals surface area contributed by atoms with E-state index in [1.54, 1.807) is 24.1 Å². The molecule has 8 heteroatoms. The number of nitrogens with one attached hydrogen (secondary N) is 1. The Labute approximate surface area is 159 Å². The van der Waals surface area contributed by atoms with Crippen LogP contribution in [0.5, 0.6) is 0 Å². The zero-order chi connectivity index (χ0) is 18.1. The maximum atomic E-state index is 13.6. The van der Waals surface area contributed by atoms with Crippen molar-refractivity contribution in [2.24, 2.45) is 0 Å². The molecule has 1 aromatic carbocycles. The Balaban J connectivity index is 0.00000243. The first-order valence-corrected chi connectivity index (χ1v) is 8.35. The second kappa shape index (κ2) is 8.05. The number of carbonyl (C=O) groups excluding carboxylic acids is 2. The third-order valence-corrected chi connectivity index (χ3v) is 4.65. The average Bonchev–Trinajstić information content (AvgIpc) is 2.88. The molecule has 0 aliphatic carbocycles. The number of nitrogens with zero attached hydrogens (tertiary/aromatic N) is 3. The van der Waals surface area contributed by atoms with Crippen LogP contribution in [-0.4, -0.2) is 67.4 Å². The summed E-state index contributed by atoms with van der Waals surface area (Å²) in [6.07, 6.45) is 0.856. The summed E-state index contributed by atoms with van der Waals surface area (Å²) < 4.78 is 13.6. The third-order valence-electron chi connectivity index (χ3n) is 4.65. The van der Waals surface area contributed by atoms with Gasteiger partial charge in [0.15, 0.2) is 0 Å². The highest BCUT2D eigenvalue weighted by Crippen LogP contribution is 2.35. The van der Waals surface area contributed by atoms with Crippen molar-refractivity contribution in [2.75, 3.05) is 40.8 Å². The largest absolute Gasteiger partial charge is 0.333 e. The summed E-state index contributed by atoms with van der Waals surface area (Å²) in [5.74, 6) is -0.476. The van der Waals surface area contributed by atoms with Gasteiger partial charge < -0.3 is 15.1 Å². The molecule has 142 valence electrons. The summed E-state index contributed by atoms with van der Waals surface area (Å²) in [6.45, 7) is 1.92. The fraction of sp³-hybridized carbons (Fsp3) is 0.444. The quantitative estimate of drug-likeness (QED) is 0.847. The zero-order valence-electron chi connectivity index (χ0n) is 15.2. The predicted molar refractivity (Wildman–Crippen MR) is 99.5 cm³/mol. The smallest absolute Gasteiger partial charge is 0.322 e. The maximum Gasteiger partial charge on any atom is 0.322 e. The van der Waals surface area contributed by atoms with Gasteiger partial charge in [-0.15, -0.1) is 12.4 Å². The summed E-state index contributed by atoms with van der Waals surface area (Å²) >= 11 is 0. The highest BCUT2D eigenvalue weighted by Gasteiger charge is 2.42. The first-order valence-electron chi connectivity index (χ1n) is 8.35. The highest BCUT2D eigenvalue weighted by molar-refractivity contribution is 6.01. The number of hydrogen-bond acceptors (Lipinski definition) is 3. The van der Waals surface area contributed by atoms with E-state index in [9.17, 15) is 14.0 Å². The summed E-state index contributed by atoms with van der Waals surface area (Å²) in [5, 5.41) is 2.81. The Hall–Kier alpha value is -2.12. The monoisotopic (exact) mass is 382 g/mol. The van der Waals surface area contributed by atoms with Gasteiger partial charge in [0.25, 0.3) is 5.91 Å². The Morgan fingerprint density at radius 1 is 1.31 bits per heavy atom. The molecule has 1 unspecified atom stereocenters. The fourth-order valence-corrected chi connectivity index (χ4v) is 3.32. The van der Waals surface area contributed by atoms with Crippen LogP contribution in [0.15, 0.2) is 35.5 Å². The number of halogens is 2. The SMILES string of the molecule is CN(C)CCCN1CC2=C(C1=O)C(c1cccc(F)c1)NC(=O)N2C.Cl. The van der Waals surface area contributed by atoms with Crippen molar-refractivity contribution < 1.29 is 14.0 Å². The molecule has 6 nitrogen and oxygen atoms in total. The minimum absolute atomic E-state index is 0. The Morgan fingerprint density at radius 2 is 2.04 bits per heavy atom. The lowest BCUT2D eigenvalue weighted by atomic mass is 9.96. The predicted octanol–water partition coefficient (Wildman–Crippen LogP) is 1.99. The Kier molecular flexibility index (Phi) is 6.26. The molecular weight excluding hydrogens is 359 g/mol. The van der Waals surface area contributed by atoms with Crippen LogP contribution in [0, 0.1) is 5.82 Å². The molecule has 0 bridgehead atoms. The van der Waals surface area contributed by atoms with Gasteiger partial charge in [0.2, 0.25) is 0 Å². The van der Waals surface area contributed by atoms with E-state index >= 15 is 0 Å². The second-order valence-corrected chi connectivity index (χ2v) is 6.74. The number of carbonyl (C=O) groups is 2. The van der Waals surface area contributed by atoms with Crippen molar-refractivity contribution in [3.63, 3.8) is 0 Å². The number of benzene rings is 1. The highest BCUT2D eigenvalue weighted by atomic mass is 35.5. The molecule has 2 aliphatic heterocycles. The lowest BCUT2D eigenvalue weighted by Crippen LogP contribution is -2.45. The Bertz CT molecular complexity index is 738. The molecule has 1 aromatic rings.